The Balaban J connectivity index is 1.50. The third kappa shape index (κ3) is 4.25. The minimum absolute atomic E-state index is 0.428. The van der Waals surface area contributed by atoms with Gasteiger partial charge in [0.05, 0.1) is 5.69 Å². The SMILES string of the molecule is Clc1cc(-c2ccc(-c3ccccc3)cc2)nc(-c2cccc(-c3ccccc3)c2)n1. The van der Waals surface area contributed by atoms with Crippen LogP contribution in [0.5, 0.6) is 0 Å². The van der Waals surface area contributed by atoms with E-state index in [9.17, 15) is 0 Å². The van der Waals surface area contributed by atoms with Gasteiger partial charge in [-0.1, -0.05) is 115 Å². The molecule has 0 saturated carbocycles. The molecular formula is C28H19ClN2. The molecule has 0 spiro atoms. The van der Waals surface area contributed by atoms with Gasteiger partial charge in [0.15, 0.2) is 5.82 Å². The van der Waals surface area contributed by atoms with E-state index in [4.69, 9.17) is 16.6 Å². The van der Waals surface area contributed by atoms with Crippen LogP contribution >= 0.6 is 11.6 Å². The molecule has 0 radical (unpaired) electrons. The summed E-state index contributed by atoms with van der Waals surface area (Å²) in [5, 5.41) is 0.428. The fraction of sp³-hybridized carbons (Fsp3) is 0. The molecule has 0 bridgehead atoms. The van der Waals surface area contributed by atoms with E-state index in [2.05, 4.69) is 65.6 Å². The Hall–Kier alpha value is -3.75. The van der Waals surface area contributed by atoms with Crippen molar-refractivity contribution in [1.82, 2.24) is 9.97 Å². The van der Waals surface area contributed by atoms with Gasteiger partial charge in [0, 0.05) is 17.2 Å². The molecule has 0 amide bonds. The van der Waals surface area contributed by atoms with E-state index in [1.54, 1.807) is 0 Å². The highest BCUT2D eigenvalue weighted by Gasteiger charge is 2.09. The average molecular weight is 419 g/mol. The second-order valence-electron chi connectivity index (χ2n) is 7.29. The smallest absolute Gasteiger partial charge is 0.161 e. The van der Waals surface area contributed by atoms with Crippen LogP contribution in [0, 0.1) is 0 Å². The predicted octanol–water partition coefficient (Wildman–Crippen LogP) is 7.80. The number of rotatable bonds is 4. The molecule has 1 aromatic heterocycles. The molecule has 0 atom stereocenters. The van der Waals surface area contributed by atoms with Crippen LogP contribution in [0.4, 0.5) is 0 Å². The number of halogens is 1. The summed E-state index contributed by atoms with van der Waals surface area (Å²) in [6.45, 7) is 0. The maximum absolute atomic E-state index is 6.38. The average Bonchev–Trinajstić information content (AvgIpc) is 2.85. The Labute approximate surface area is 186 Å². The zero-order chi connectivity index (χ0) is 21.0. The minimum Gasteiger partial charge on any atom is -0.228 e. The number of aromatic nitrogens is 2. The van der Waals surface area contributed by atoms with E-state index in [1.807, 2.05) is 54.6 Å². The maximum Gasteiger partial charge on any atom is 0.161 e. The van der Waals surface area contributed by atoms with Crippen molar-refractivity contribution in [2.24, 2.45) is 0 Å². The Kier molecular flexibility index (Phi) is 5.30. The molecule has 1 heterocycles. The monoisotopic (exact) mass is 418 g/mol. The molecule has 0 saturated heterocycles. The molecule has 148 valence electrons. The summed E-state index contributed by atoms with van der Waals surface area (Å²) in [4.78, 5) is 9.30. The molecular weight excluding hydrogens is 400 g/mol. The van der Waals surface area contributed by atoms with Gasteiger partial charge >= 0.3 is 0 Å². The molecule has 31 heavy (non-hydrogen) atoms. The summed E-state index contributed by atoms with van der Waals surface area (Å²) in [6, 6.07) is 39.0. The lowest BCUT2D eigenvalue weighted by molar-refractivity contribution is 1.18. The van der Waals surface area contributed by atoms with Crippen molar-refractivity contribution in [2.75, 3.05) is 0 Å². The Morgan fingerprint density at radius 1 is 0.419 bits per heavy atom. The quantitative estimate of drug-likeness (QED) is 0.278. The van der Waals surface area contributed by atoms with Crippen molar-refractivity contribution in [3.8, 4) is 44.9 Å². The van der Waals surface area contributed by atoms with Gasteiger partial charge < -0.3 is 0 Å². The largest absolute Gasteiger partial charge is 0.228 e. The summed E-state index contributed by atoms with van der Waals surface area (Å²) in [7, 11) is 0. The lowest BCUT2D eigenvalue weighted by Gasteiger charge is -2.09. The van der Waals surface area contributed by atoms with Gasteiger partial charge in [-0.15, -0.1) is 0 Å². The second kappa shape index (κ2) is 8.55. The van der Waals surface area contributed by atoms with Crippen LogP contribution in [0.2, 0.25) is 5.15 Å². The zero-order valence-electron chi connectivity index (χ0n) is 16.7. The van der Waals surface area contributed by atoms with Gasteiger partial charge in [-0.3, -0.25) is 0 Å². The summed E-state index contributed by atoms with van der Waals surface area (Å²) < 4.78 is 0. The molecule has 0 N–H and O–H groups in total. The third-order valence-corrected chi connectivity index (χ3v) is 5.40. The molecule has 0 aliphatic rings. The third-order valence-electron chi connectivity index (χ3n) is 5.21. The Morgan fingerprint density at radius 2 is 0.935 bits per heavy atom. The van der Waals surface area contributed by atoms with Crippen LogP contribution in [0.3, 0.4) is 0 Å². The predicted molar refractivity (Wildman–Crippen MR) is 129 cm³/mol. The van der Waals surface area contributed by atoms with E-state index in [0.717, 1.165) is 27.9 Å². The highest BCUT2D eigenvalue weighted by molar-refractivity contribution is 6.29. The Morgan fingerprint density at radius 3 is 1.61 bits per heavy atom. The summed E-state index contributed by atoms with van der Waals surface area (Å²) in [6.07, 6.45) is 0. The highest BCUT2D eigenvalue weighted by Crippen LogP contribution is 2.29. The summed E-state index contributed by atoms with van der Waals surface area (Å²) in [5.74, 6) is 0.618. The van der Waals surface area contributed by atoms with Crippen LogP contribution in [0.15, 0.2) is 115 Å². The number of hydrogen-bond acceptors (Lipinski definition) is 2. The van der Waals surface area contributed by atoms with E-state index in [1.165, 1.54) is 11.1 Å². The molecule has 5 aromatic rings. The van der Waals surface area contributed by atoms with Gasteiger partial charge in [0.25, 0.3) is 0 Å². The van der Waals surface area contributed by atoms with Crippen LogP contribution < -0.4 is 0 Å². The van der Waals surface area contributed by atoms with Crippen LogP contribution in [0.25, 0.3) is 44.9 Å². The first-order valence-corrected chi connectivity index (χ1v) is 10.5. The lowest BCUT2D eigenvalue weighted by Crippen LogP contribution is -1.93. The van der Waals surface area contributed by atoms with Gasteiger partial charge in [-0.2, -0.15) is 0 Å². The second-order valence-corrected chi connectivity index (χ2v) is 7.68. The fourth-order valence-corrected chi connectivity index (χ4v) is 3.81. The van der Waals surface area contributed by atoms with Crippen molar-refractivity contribution in [3.63, 3.8) is 0 Å². The highest BCUT2D eigenvalue weighted by atomic mass is 35.5. The zero-order valence-corrected chi connectivity index (χ0v) is 17.5. The van der Waals surface area contributed by atoms with Crippen molar-refractivity contribution < 1.29 is 0 Å². The van der Waals surface area contributed by atoms with Gasteiger partial charge in [0.2, 0.25) is 0 Å². The number of hydrogen-bond donors (Lipinski definition) is 0. The van der Waals surface area contributed by atoms with Gasteiger partial charge in [0.1, 0.15) is 5.15 Å². The van der Waals surface area contributed by atoms with Gasteiger partial charge in [-0.05, 0) is 28.3 Å². The first-order valence-electron chi connectivity index (χ1n) is 10.1. The van der Waals surface area contributed by atoms with Crippen molar-refractivity contribution >= 4 is 11.6 Å². The standard InChI is InChI=1S/C28H19ClN2/c29-27-19-26(23-16-14-22(15-17-23)20-8-3-1-4-9-20)30-28(31-27)25-13-7-12-24(18-25)21-10-5-2-6-11-21/h1-19H. The molecule has 5 rings (SSSR count). The number of nitrogens with zero attached hydrogens (tertiary/aromatic N) is 2. The lowest BCUT2D eigenvalue weighted by atomic mass is 10.0. The van der Waals surface area contributed by atoms with E-state index in [-0.39, 0.29) is 0 Å². The molecule has 0 aliphatic heterocycles. The molecule has 0 aliphatic carbocycles. The van der Waals surface area contributed by atoms with Crippen molar-refractivity contribution in [1.29, 1.82) is 0 Å². The van der Waals surface area contributed by atoms with E-state index in [0.29, 0.717) is 11.0 Å². The topological polar surface area (TPSA) is 25.8 Å². The Bertz CT molecular complexity index is 1310. The van der Waals surface area contributed by atoms with Crippen LogP contribution in [-0.4, -0.2) is 9.97 Å². The van der Waals surface area contributed by atoms with Gasteiger partial charge in [-0.25, -0.2) is 9.97 Å². The normalized spacial score (nSPS) is 10.7. The van der Waals surface area contributed by atoms with Crippen LogP contribution in [-0.2, 0) is 0 Å². The molecule has 0 unspecified atom stereocenters. The van der Waals surface area contributed by atoms with Crippen LogP contribution in [0.1, 0.15) is 0 Å². The first-order chi connectivity index (χ1) is 15.3. The molecule has 3 heteroatoms. The minimum atomic E-state index is 0.428. The van der Waals surface area contributed by atoms with Crippen molar-refractivity contribution in [2.45, 2.75) is 0 Å². The van der Waals surface area contributed by atoms with E-state index >= 15 is 0 Å². The summed E-state index contributed by atoms with van der Waals surface area (Å²) in [5.41, 5.74) is 7.38. The fourth-order valence-electron chi connectivity index (χ4n) is 3.63. The maximum atomic E-state index is 6.38. The molecule has 2 nitrogen and oxygen atoms in total. The van der Waals surface area contributed by atoms with E-state index < -0.39 is 0 Å². The number of benzene rings is 4. The summed E-state index contributed by atoms with van der Waals surface area (Å²) >= 11 is 6.38. The molecule has 4 aromatic carbocycles. The van der Waals surface area contributed by atoms with Crippen molar-refractivity contribution in [3.05, 3.63) is 120 Å². The molecule has 0 fully saturated rings. The first kappa shape index (κ1) is 19.2.